The lowest BCUT2D eigenvalue weighted by Crippen LogP contribution is -2.65. The van der Waals surface area contributed by atoms with Gasteiger partial charge in [-0.1, -0.05) is 13.8 Å². The van der Waals surface area contributed by atoms with Crippen LogP contribution in [0.1, 0.15) is 77.2 Å². The fourth-order valence-electron chi connectivity index (χ4n) is 9.10. The third-order valence-corrected chi connectivity index (χ3v) is 10.6. The molecular weight excluding hydrogens is 424 g/mol. The lowest BCUT2D eigenvalue weighted by Gasteiger charge is -2.63. The highest BCUT2D eigenvalue weighted by Gasteiger charge is 2.85. The van der Waals surface area contributed by atoms with Gasteiger partial charge in [-0.15, -0.1) is 0 Å². The Labute approximate surface area is 193 Å². The first-order chi connectivity index (χ1) is 15.6. The van der Waals surface area contributed by atoms with E-state index in [1.54, 1.807) is 6.07 Å². The van der Waals surface area contributed by atoms with E-state index >= 15 is 0 Å². The SMILES string of the molecule is CC(=O)O[C@@H]1[C@H]2O[C@]23[C@@H]2CC[C@]4(O)C[C@@H](O)CC[C@]4(C)[C@H]2CC[C@]3(C)[C@H]1c1ccc(=O)oc1. The van der Waals surface area contributed by atoms with Crippen molar-refractivity contribution in [1.29, 1.82) is 0 Å². The van der Waals surface area contributed by atoms with E-state index in [9.17, 15) is 19.8 Å². The molecule has 1 saturated heterocycles. The molecule has 0 aromatic carbocycles. The molecule has 0 amide bonds. The summed E-state index contributed by atoms with van der Waals surface area (Å²) in [6.45, 7) is 5.89. The van der Waals surface area contributed by atoms with E-state index in [0.717, 1.165) is 37.7 Å². The van der Waals surface area contributed by atoms with Gasteiger partial charge in [0, 0.05) is 30.7 Å². The highest BCUT2D eigenvalue weighted by Crippen LogP contribution is 2.78. The van der Waals surface area contributed by atoms with Gasteiger partial charge >= 0.3 is 11.6 Å². The highest BCUT2D eigenvalue weighted by atomic mass is 16.7. The lowest BCUT2D eigenvalue weighted by molar-refractivity contribution is -0.224. The zero-order valence-electron chi connectivity index (χ0n) is 19.6. The van der Waals surface area contributed by atoms with Crippen LogP contribution in [-0.4, -0.2) is 45.7 Å². The van der Waals surface area contributed by atoms with Crippen LogP contribution in [0.3, 0.4) is 0 Å². The van der Waals surface area contributed by atoms with Crippen LogP contribution in [0.4, 0.5) is 0 Å². The van der Waals surface area contributed by atoms with Crippen LogP contribution in [-0.2, 0) is 14.3 Å². The number of aliphatic hydroxyl groups is 2. The maximum atomic E-state index is 12.1. The molecule has 5 fully saturated rings. The van der Waals surface area contributed by atoms with Crippen LogP contribution in [0, 0.1) is 22.7 Å². The summed E-state index contributed by atoms with van der Waals surface area (Å²) in [5, 5.41) is 22.0. The monoisotopic (exact) mass is 458 g/mol. The van der Waals surface area contributed by atoms with Crippen molar-refractivity contribution in [2.75, 3.05) is 0 Å². The number of epoxide rings is 1. The Hall–Kier alpha value is -1.70. The third kappa shape index (κ3) is 2.62. The molecule has 10 atom stereocenters. The van der Waals surface area contributed by atoms with E-state index in [2.05, 4.69) is 13.8 Å². The number of rotatable bonds is 2. The third-order valence-electron chi connectivity index (χ3n) is 10.6. The lowest BCUT2D eigenvalue weighted by atomic mass is 9.42. The zero-order valence-corrected chi connectivity index (χ0v) is 19.6. The number of hydrogen-bond donors (Lipinski definition) is 2. The normalized spacial score (nSPS) is 52.2. The van der Waals surface area contributed by atoms with Crippen molar-refractivity contribution in [3.8, 4) is 0 Å². The summed E-state index contributed by atoms with van der Waals surface area (Å²) in [7, 11) is 0. The van der Waals surface area contributed by atoms with E-state index in [1.807, 2.05) is 0 Å². The Morgan fingerprint density at radius 3 is 2.52 bits per heavy atom. The Balaban J connectivity index is 1.42. The summed E-state index contributed by atoms with van der Waals surface area (Å²) >= 11 is 0. The van der Waals surface area contributed by atoms with Crippen LogP contribution < -0.4 is 5.63 Å². The van der Waals surface area contributed by atoms with Gasteiger partial charge in [0.25, 0.3) is 0 Å². The molecule has 1 spiro atoms. The Morgan fingerprint density at radius 2 is 1.82 bits per heavy atom. The molecule has 5 aliphatic rings. The van der Waals surface area contributed by atoms with Gasteiger partial charge in [-0.25, -0.2) is 4.79 Å². The first kappa shape index (κ1) is 21.8. The van der Waals surface area contributed by atoms with Gasteiger partial charge in [0.05, 0.1) is 18.0 Å². The van der Waals surface area contributed by atoms with Crippen molar-refractivity contribution in [2.24, 2.45) is 22.7 Å². The van der Waals surface area contributed by atoms with Crippen LogP contribution >= 0.6 is 0 Å². The van der Waals surface area contributed by atoms with E-state index in [1.165, 1.54) is 19.3 Å². The Kier molecular flexibility index (Phi) is 4.43. The van der Waals surface area contributed by atoms with Crippen molar-refractivity contribution in [3.05, 3.63) is 34.4 Å². The molecule has 2 N–H and O–H groups in total. The number of carbonyl (C=O) groups excluding carboxylic acids is 1. The zero-order chi connectivity index (χ0) is 23.4. The van der Waals surface area contributed by atoms with E-state index in [4.69, 9.17) is 13.9 Å². The van der Waals surface area contributed by atoms with Crippen molar-refractivity contribution >= 4 is 5.97 Å². The van der Waals surface area contributed by atoms with Gasteiger partial charge in [-0.2, -0.15) is 0 Å². The Morgan fingerprint density at radius 1 is 1.09 bits per heavy atom. The molecule has 1 aromatic rings. The fraction of sp³-hybridized carbons (Fsp3) is 0.769. The molecule has 4 aliphatic carbocycles. The number of aliphatic hydroxyl groups excluding tert-OH is 1. The van der Waals surface area contributed by atoms with Gasteiger partial charge < -0.3 is 24.1 Å². The molecule has 4 saturated carbocycles. The highest BCUT2D eigenvalue weighted by molar-refractivity contribution is 5.66. The predicted octanol–water partition coefficient (Wildman–Crippen LogP) is 2.91. The van der Waals surface area contributed by atoms with Crippen molar-refractivity contribution in [2.45, 2.75) is 101 Å². The minimum atomic E-state index is -0.850. The molecule has 2 heterocycles. The summed E-state index contributed by atoms with van der Waals surface area (Å²) in [6.07, 6.45) is 5.74. The molecule has 33 heavy (non-hydrogen) atoms. The van der Waals surface area contributed by atoms with E-state index < -0.39 is 29.0 Å². The van der Waals surface area contributed by atoms with Gasteiger partial charge in [-0.05, 0) is 67.4 Å². The number of fused-ring (bicyclic) bond motifs is 3. The van der Waals surface area contributed by atoms with Crippen molar-refractivity contribution in [3.63, 3.8) is 0 Å². The van der Waals surface area contributed by atoms with Gasteiger partial charge in [-0.3, -0.25) is 4.79 Å². The molecular formula is C26H34O7. The second-order valence-electron chi connectivity index (χ2n) is 11.8. The molecule has 7 nitrogen and oxygen atoms in total. The molecule has 180 valence electrons. The summed E-state index contributed by atoms with van der Waals surface area (Å²) < 4.78 is 17.7. The van der Waals surface area contributed by atoms with Crippen molar-refractivity contribution < 1.29 is 28.9 Å². The molecule has 0 unspecified atom stereocenters. The maximum absolute atomic E-state index is 12.1. The summed E-state index contributed by atoms with van der Waals surface area (Å²) in [5.41, 5.74) is -1.34. The smallest absolute Gasteiger partial charge is 0.335 e. The summed E-state index contributed by atoms with van der Waals surface area (Å²) in [4.78, 5) is 23.7. The predicted molar refractivity (Wildman–Crippen MR) is 117 cm³/mol. The molecule has 1 aliphatic heterocycles. The molecule has 0 radical (unpaired) electrons. The first-order valence-electron chi connectivity index (χ1n) is 12.4. The van der Waals surface area contributed by atoms with Crippen LogP contribution in [0.2, 0.25) is 0 Å². The number of carbonyl (C=O) groups is 1. The second kappa shape index (κ2) is 6.70. The van der Waals surface area contributed by atoms with E-state index in [-0.39, 0.29) is 40.7 Å². The first-order valence-corrected chi connectivity index (χ1v) is 12.4. The molecule has 7 heteroatoms. The van der Waals surface area contributed by atoms with Gasteiger partial charge in [0.15, 0.2) is 0 Å². The minimum absolute atomic E-state index is 0.118. The standard InChI is InChI=1S/C26H34O7/c1-14(27)32-21-20(15-4-5-19(29)31-13-15)24(3)10-7-17-18(26(24)22(21)33-26)8-11-25(30)12-16(28)6-9-23(17,25)2/h4-5,13,16-18,20-22,28,30H,6-12H2,1-3H3/t16-,17-,18+,20-,21-,22+,23+,24+,25-,26+/m0/s1. The summed E-state index contributed by atoms with van der Waals surface area (Å²) in [5.74, 6) is 0.0816. The molecule has 0 bridgehead atoms. The van der Waals surface area contributed by atoms with E-state index in [0.29, 0.717) is 12.8 Å². The largest absolute Gasteiger partial charge is 0.459 e. The van der Waals surface area contributed by atoms with Crippen LogP contribution in [0.15, 0.2) is 27.6 Å². The quantitative estimate of drug-likeness (QED) is 0.518. The average molecular weight is 459 g/mol. The molecule has 1 aromatic heterocycles. The van der Waals surface area contributed by atoms with Crippen LogP contribution in [0.5, 0.6) is 0 Å². The number of hydrogen-bond acceptors (Lipinski definition) is 7. The van der Waals surface area contributed by atoms with Crippen molar-refractivity contribution in [1.82, 2.24) is 0 Å². The second-order valence-corrected chi connectivity index (χ2v) is 11.8. The average Bonchev–Trinajstić information content (AvgIpc) is 3.45. The topological polar surface area (TPSA) is 110 Å². The fourth-order valence-corrected chi connectivity index (χ4v) is 9.10. The van der Waals surface area contributed by atoms with Gasteiger partial charge in [0.2, 0.25) is 0 Å². The van der Waals surface area contributed by atoms with Crippen LogP contribution in [0.25, 0.3) is 0 Å². The summed E-state index contributed by atoms with van der Waals surface area (Å²) in [6, 6.07) is 3.23. The molecule has 6 rings (SSSR count). The number of ether oxygens (including phenoxy) is 2. The van der Waals surface area contributed by atoms with Gasteiger partial charge in [0.1, 0.15) is 17.8 Å². The minimum Gasteiger partial charge on any atom is -0.459 e. The maximum Gasteiger partial charge on any atom is 0.335 e. The Bertz CT molecular complexity index is 1030. The number of esters is 1.